The Hall–Kier alpha value is -12.5. The first-order valence-corrected chi connectivity index (χ1v) is 31.7. The molecule has 2 aliphatic heterocycles. The molecule has 14 aromatic carbocycles. The molecule has 0 bridgehead atoms. The fraction of sp³-hybridized carbons (Fsp3) is 0.0115. The van der Waals surface area contributed by atoms with E-state index in [0.717, 1.165) is 112 Å². The van der Waals surface area contributed by atoms with Crippen LogP contribution in [0.15, 0.2) is 322 Å². The van der Waals surface area contributed by atoms with Crippen LogP contribution in [0.1, 0.15) is 33.7 Å². The third-order valence-corrected chi connectivity index (χ3v) is 19.5. The fourth-order valence-electron chi connectivity index (χ4n) is 15.6. The molecule has 5 nitrogen and oxygen atoms in total. The average Bonchev–Trinajstić information content (AvgIpc) is 1.17. The molecule has 4 heterocycles. The summed E-state index contributed by atoms with van der Waals surface area (Å²) in [5.74, 6) is -0.379. The topological polar surface area (TPSA) is 60.7 Å². The van der Waals surface area contributed by atoms with E-state index in [2.05, 4.69) is 317 Å². The lowest BCUT2D eigenvalue weighted by Gasteiger charge is -2.45. The maximum absolute atomic E-state index is 10.6. The van der Waals surface area contributed by atoms with Gasteiger partial charge in [-0.15, -0.1) is 0 Å². The number of anilines is 3. The highest BCUT2D eigenvalue weighted by Crippen LogP contribution is 2.53. The van der Waals surface area contributed by atoms with Crippen molar-refractivity contribution in [1.82, 2.24) is 9.13 Å². The van der Waals surface area contributed by atoms with Gasteiger partial charge in [0, 0.05) is 61.3 Å². The van der Waals surface area contributed by atoms with Crippen LogP contribution in [0, 0.1) is 22.7 Å². The smallest absolute Gasteiger partial charge is 0.247 e. The standard InChI is InChI=1S/C87H54BN5/c89-54-56-22-18-30-61(48-56)67-37-20-36-66(59-26-6-2-7-27-59)84(67)85-74-52-64(91-78-40-14-10-32-70(78)71-33-11-15-41-79(71)91)44-46-76(74)88-77-47-45-65(92-80-42-16-12-34-72(80)73-35-13-17-43-81(73)92)53-82(77)93(83-51-63(50-75(85)86(83)88)58-24-4-1-5-25-58)87-68(60-28-8-3-9-29-60)38-21-39-69(87)62-31-19-23-57(49-62)55-90/h1-53,85H. The second-order valence-electron chi connectivity index (χ2n) is 24.4. The van der Waals surface area contributed by atoms with E-state index in [1.54, 1.807) is 0 Å². The Bertz CT molecular complexity index is 5370. The quantitative estimate of drug-likeness (QED) is 0.135. The summed E-state index contributed by atoms with van der Waals surface area (Å²) in [4.78, 5) is 2.60. The largest absolute Gasteiger partial charge is 0.310 e. The number of rotatable bonds is 9. The van der Waals surface area contributed by atoms with Crippen LogP contribution in [0.2, 0.25) is 0 Å². The Morgan fingerprint density at radius 3 is 1.26 bits per heavy atom. The molecule has 430 valence electrons. The monoisotopic (exact) mass is 1180 g/mol. The van der Waals surface area contributed by atoms with E-state index in [1.807, 2.05) is 30.3 Å². The van der Waals surface area contributed by atoms with Gasteiger partial charge in [0.05, 0.1) is 51.0 Å². The highest BCUT2D eigenvalue weighted by molar-refractivity contribution is 6.99. The van der Waals surface area contributed by atoms with E-state index < -0.39 is 0 Å². The minimum absolute atomic E-state index is 0.264. The molecular formula is C87H54BN5. The van der Waals surface area contributed by atoms with Crippen molar-refractivity contribution < 1.29 is 0 Å². The van der Waals surface area contributed by atoms with Crippen LogP contribution in [0.5, 0.6) is 0 Å². The second-order valence-corrected chi connectivity index (χ2v) is 24.4. The van der Waals surface area contributed by atoms with Crippen molar-refractivity contribution >= 4 is 83.8 Å². The lowest BCUT2D eigenvalue weighted by atomic mass is 9.31. The van der Waals surface area contributed by atoms with Gasteiger partial charge in [0.2, 0.25) is 6.71 Å². The molecule has 6 heteroatoms. The minimum Gasteiger partial charge on any atom is -0.310 e. The SMILES string of the molecule is N#Cc1cccc(-c2cccc(-c3ccccc3)c2C2c3cc(-n4c5ccccc5c5ccccc54)ccc3B3c4ccc(-n5c6ccccc6c6ccccc65)cc4N(c4c(-c5ccccc5)cccc4-c4cccc(C#N)c4)c4cc(-c5ccccc5)cc2c43)c1. The molecule has 0 fully saturated rings. The third kappa shape index (κ3) is 8.47. The molecule has 18 rings (SSSR count). The molecular weight excluding hydrogens is 1130 g/mol. The molecule has 16 aromatic rings. The highest BCUT2D eigenvalue weighted by Gasteiger charge is 2.46. The summed E-state index contributed by atoms with van der Waals surface area (Å²) in [6, 6.07) is 122. The van der Waals surface area contributed by atoms with Crippen LogP contribution in [-0.2, 0) is 0 Å². The van der Waals surface area contributed by atoms with Gasteiger partial charge in [-0.25, -0.2) is 0 Å². The normalized spacial score (nSPS) is 13.0. The van der Waals surface area contributed by atoms with Crippen LogP contribution in [0.4, 0.5) is 17.1 Å². The van der Waals surface area contributed by atoms with Gasteiger partial charge in [0.25, 0.3) is 0 Å². The first-order valence-electron chi connectivity index (χ1n) is 31.7. The van der Waals surface area contributed by atoms with Crippen molar-refractivity contribution in [2.45, 2.75) is 5.92 Å². The molecule has 0 saturated heterocycles. The predicted molar refractivity (Wildman–Crippen MR) is 385 cm³/mol. The van der Waals surface area contributed by atoms with Crippen LogP contribution in [-0.4, -0.2) is 15.8 Å². The molecule has 0 spiro atoms. The maximum atomic E-state index is 10.6. The van der Waals surface area contributed by atoms with Crippen molar-refractivity contribution in [3.05, 3.63) is 349 Å². The van der Waals surface area contributed by atoms with E-state index in [-0.39, 0.29) is 12.6 Å². The molecule has 0 radical (unpaired) electrons. The summed E-state index contributed by atoms with van der Waals surface area (Å²) < 4.78 is 4.90. The van der Waals surface area contributed by atoms with Crippen LogP contribution in [0.3, 0.4) is 0 Å². The first kappa shape index (κ1) is 53.5. The summed E-state index contributed by atoms with van der Waals surface area (Å²) in [5, 5.41) is 26.0. The molecule has 0 amide bonds. The van der Waals surface area contributed by atoms with Crippen LogP contribution >= 0.6 is 0 Å². The second kappa shape index (κ2) is 21.6. The molecule has 0 aliphatic carbocycles. The van der Waals surface area contributed by atoms with Gasteiger partial charge in [-0.3, -0.25) is 0 Å². The van der Waals surface area contributed by atoms with Gasteiger partial charge in [-0.2, -0.15) is 10.5 Å². The number of fused-ring (bicyclic) bond motifs is 10. The van der Waals surface area contributed by atoms with Gasteiger partial charge in [-0.1, -0.05) is 248 Å². The number of aromatic nitrogens is 2. The number of para-hydroxylation sites is 5. The van der Waals surface area contributed by atoms with Crippen molar-refractivity contribution in [1.29, 1.82) is 10.5 Å². The Labute approximate surface area is 539 Å². The van der Waals surface area contributed by atoms with Crippen LogP contribution < -0.4 is 21.3 Å². The summed E-state index contributed by atoms with van der Waals surface area (Å²) >= 11 is 0. The van der Waals surface area contributed by atoms with E-state index in [1.165, 1.54) is 49.1 Å². The fourth-order valence-corrected chi connectivity index (χ4v) is 15.6. The molecule has 2 aromatic heterocycles. The van der Waals surface area contributed by atoms with Gasteiger partial charge in [-0.05, 0) is 151 Å². The van der Waals surface area contributed by atoms with Crippen molar-refractivity contribution in [2.24, 2.45) is 0 Å². The molecule has 2 aliphatic rings. The molecule has 0 N–H and O–H groups in total. The van der Waals surface area contributed by atoms with Gasteiger partial charge in [0.1, 0.15) is 0 Å². The minimum atomic E-state index is -0.379. The zero-order valence-electron chi connectivity index (χ0n) is 50.5. The Morgan fingerprint density at radius 2 is 0.720 bits per heavy atom. The Morgan fingerprint density at radius 1 is 0.301 bits per heavy atom. The highest BCUT2D eigenvalue weighted by atomic mass is 15.2. The number of benzene rings is 14. The van der Waals surface area contributed by atoms with E-state index >= 15 is 0 Å². The average molecular weight is 1180 g/mol. The number of nitrogens with zero attached hydrogens (tertiary/aromatic N) is 5. The van der Waals surface area contributed by atoms with Crippen molar-refractivity contribution in [3.8, 4) is 79.1 Å². The zero-order chi connectivity index (χ0) is 61.7. The number of hydrogen-bond donors (Lipinski definition) is 0. The summed E-state index contributed by atoms with van der Waals surface area (Å²) in [5.41, 5.74) is 28.6. The Kier molecular flexibility index (Phi) is 12.5. The molecule has 1 atom stereocenters. The maximum Gasteiger partial charge on any atom is 0.247 e. The van der Waals surface area contributed by atoms with Crippen molar-refractivity contribution in [3.63, 3.8) is 0 Å². The van der Waals surface area contributed by atoms with Crippen molar-refractivity contribution in [2.75, 3.05) is 4.90 Å². The molecule has 1 unspecified atom stereocenters. The summed E-state index contributed by atoms with van der Waals surface area (Å²) in [6.45, 7) is -0.264. The molecule has 93 heavy (non-hydrogen) atoms. The van der Waals surface area contributed by atoms with E-state index in [9.17, 15) is 10.5 Å². The zero-order valence-corrected chi connectivity index (χ0v) is 50.5. The lowest BCUT2D eigenvalue weighted by molar-refractivity contribution is 0.983. The number of hydrogen-bond acceptors (Lipinski definition) is 3. The van der Waals surface area contributed by atoms with Gasteiger partial charge < -0.3 is 14.0 Å². The first-order chi connectivity index (χ1) is 46.1. The summed E-state index contributed by atoms with van der Waals surface area (Å²) in [7, 11) is 0. The van der Waals surface area contributed by atoms with E-state index in [4.69, 9.17) is 0 Å². The van der Waals surface area contributed by atoms with Gasteiger partial charge >= 0.3 is 0 Å². The number of nitriles is 2. The summed E-state index contributed by atoms with van der Waals surface area (Å²) in [6.07, 6.45) is 0. The molecule has 0 saturated carbocycles. The third-order valence-electron chi connectivity index (χ3n) is 19.5. The predicted octanol–water partition coefficient (Wildman–Crippen LogP) is 19.8. The van der Waals surface area contributed by atoms with Crippen LogP contribution in [0.25, 0.3) is 111 Å². The lowest BCUT2D eigenvalue weighted by Crippen LogP contribution is -2.62. The van der Waals surface area contributed by atoms with Gasteiger partial charge in [0.15, 0.2) is 0 Å². The van der Waals surface area contributed by atoms with E-state index in [0.29, 0.717) is 11.1 Å². The Balaban J connectivity index is 1.03.